The SMILES string of the molecule is CN(C)CC[B-](F)(F)F. The number of rotatable bonds is 3. The maximum atomic E-state index is 11.5. The Labute approximate surface area is 52.9 Å². The Bertz CT molecular complexity index is 80.4. The van der Waals surface area contributed by atoms with Gasteiger partial charge >= 0.3 is 6.98 Å². The van der Waals surface area contributed by atoms with Gasteiger partial charge in [-0.3, -0.25) is 0 Å². The highest BCUT2D eigenvalue weighted by Crippen LogP contribution is 2.13. The molecule has 0 aromatic carbocycles. The summed E-state index contributed by atoms with van der Waals surface area (Å²) >= 11 is 0. The normalized spacial score (nSPS) is 12.7. The summed E-state index contributed by atoms with van der Waals surface area (Å²) in [5.74, 6) is 0. The maximum Gasteiger partial charge on any atom is 0.479 e. The lowest BCUT2D eigenvalue weighted by molar-refractivity contribution is 0.394. The van der Waals surface area contributed by atoms with Crippen LogP contribution in [0.5, 0.6) is 0 Å². The van der Waals surface area contributed by atoms with Gasteiger partial charge in [0.1, 0.15) is 0 Å². The van der Waals surface area contributed by atoms with Gasteiger partial charge in [0, 0.05) is 0 Å². The first kappa shape index (κ1) is 8.81. The lowest BCUT2D eigenvalue weighted by Gasteiger charge is -2.16. The molecule has 0 aliphatic rings. The fourth-order valence-corrected chi connectivity index (χ4v) is 0.405. The second-order valence-corrected chi connectivity index (χ2v) is 2.30. The zero-order chi connectivity index (χ0) is 7.49. The molecule has 0 radical (unpaired) electrons. The lowest BCUT2D eigenvalue weighted by Crippen LogP contribution is -2.23. The lowest BCUT2D eigenvalue weighted by atomic mass is 9.86. The van der Waals surface area contributed by atoms with Crippen molar-refractivity contribution in [2.75, 3.05) is 20.6 Å². The van der Waals surface area contributed by atoms with Gasteiger partial charge in [0.15, 0.2) is 0 Å². The Morgan fingerprint density at radius 3 is 1.78 bits per heavy atom. The molecule has 0 N–H and O–H groups in total. The van der Waals surface area contributed by atoms with E-state index in [1.807, 2.05) is 0 Å². The summed E-state index contributed by atoms with van der Waals surface area (Å²) in [6, 6.07) is 0. The Kier molecular flexibility index (Phi) is 3.04. The molecular formula is C4H10BF3N-. The van der Waals surface area contributed by atoms with Gasteiger partial charge in [0.25, 0.3) is 0 Å². The standard InChI is InChI=1S/C4H10BF3N/c1-9(2)4-3-5(6,7)8/h3-4H2,1-2H3/q-1. The maximum absolute atomic E-state index is 11.5. The van der Waals surface area contributed by atoms with Crippen molar-refractivity contribution < 1.29 is 12.9 Å². The topological polar surface area (TPSA) is 3.24 Å². The molecule has 9 heavy (non-hydrogen) atoms. The average molecular weight is 140 g/mol. The Hall–Kier alpha value is -0.185. The van der Waals surface area contributed by atoms with Crippen molar-refractivity contribution in [1.29, 1.82) is 0 Å². The summed E-state index contributed by atoms with van der Waals surface area (Å²) in [5, 5.41) is 0. The van der Waals surface area contributed by atoms with Crippen LogP contribution in [-0.4, -0.2) is 32.5 Å². The molecule has 0 saturated carbocycles. The van der Waals surface area contributed by atoms with Crippen LogP contribution in [0, 0.1) is 0 Å². The van der Waals surface area contributed by atoms with Gasteiger partial charge in [-0.2, -0.15) is 0 Å². The fourth-order valence-electron chi connectivity index (χ4n) is 0.405. The molecule has 0 aromatic heterocycles. The Morgan fingerprint density at radius 1 is 1.22 bits per heavy atom. The molecule has 0 aromatic rings. The van der Waals surface area contributed by atoms with Crippen LogP contribution in [0.2, 0.25) is 6.32 Å². The zero-order valence-electron chi connectivity index (χ0n) is 5.57. The predicted molar refractivity (Wildman–Crippen MR) is 32.4 cm³/mol. The van der Waals surface area contributed by atoms with E-state index in [0.29, 0.717) is 0 Å². The van der Waals surface area contributed by atoms with E-state index < -0.39 is 13.3 Å². The quantitative estimate of drug-likeness (QED) is 0.535. The van der Waals surface area contributed by atoms with E-state index in [0.717, 1.165) is 0 Å². The van der Waals surface area contributed by atoms with Gasteiger partial charge in [0.05, 0.1) is 0 Å². The van der Waals surface area contributed by atoms with Crippen molar-refractivity contribution in [3.8, 4) is 0 Å². The summed E-state index contributed by atoms with van der Waals surface area (Å²) in [6.45, 7) is -4.47. The summed E-state index contributed by atoms with van der Waals surface area (Å²) in [7, 11) is 3.25. The largest absolute Gasteiger partial charge is 0.479 e. The van der Waals surface area contributed by atoms with Crippen molar-refractivity contribution in [1.82, 2.24) is 4.90 Å². The number of nitrogens with zero attached hydrogens (tertiary/aromatic N) is 1. The molecule has 0 rings (SSSR count). The summed E-state index contributed by atoms with van der Waals surface area (Å²) in [5.41, 5.74) is 0. The molecule has 0 fully saturated rings. The molecule has 0 heterocycles. The molecule has 5 heteroatoms. The number of hydrogen-bond acceptors (Lipinski definition) is 1. The van der Waals surface area contributed by atoms with E-state index in [1.54, 1.807) is 14.1 Å². The van der Waals surface area contributed by atoms with Crippen molar-refractivity contribution in [2.24, 2.45) is 0 Å². The van der Waals surface area contributed by atoms with Crippen LogP contribution in [0.3, 0.4) is 0 Å². The summed E-state index contributed by atoms with van der Waals surface area (Å²) in [4.78, 5) is 1.52. The van der Waals surface area contributed by atoms with Gasteiger partial charge in [-0.15, -0.1) is 0 Å². The van der Waals surface area contributed by atoms with E-state index in [9.17, 15) is 12.9 Å². The summed E-state index contributed by atoms with van der Waals surface area (Å²) < 4.78 is 34.4. The van der Waals surface area contributed by atoms with Gasteiger partial charge in [-0.05, 0) is 20.6 Å². The third-order valence-corrected chi connectivity index (χ3v) is 0.904. The highest BCUT2D eigenvalue weighted by molar-refractivity contribution is 6.58. The fraction of sp³-hybridized carbons (Fsp3) is 1.00. The molecule has 0 spiro atoms. The molecule has 0 amide bonds. The highest BCUT2D eigenvalue weighted by Gasteiger charge is 2.21. The first-order chi connectivity index (χ1) is 3.92. The molecule has 0 aliphatic heterocycles. The van der Waals surface area contributed by atoms with Gasteiger partial charge in [-0.25, -0.2) is 0 Å². The van der Waals surface area contributed by atoms with Crippen LogP contribution in [0.15, 0.2) is 0 Å². The van der Waals surface area contributed by atoms with Crippen LogP contribution < -0.4 is 0 Å². The summed E-state index contributed by atoms with van der Waals surface area (Å²) in [6.07, 6.45) is -0.660. The number of halogens is 3. The molecule has 0 saturated heterocycles. The molecular weight excluding hydrogens is 130 g/mol. The third kappa shape index (κ3) is 7.81. The van der Waals surface area contributed by atoms with Crippen LogP contribution in [-0.2, 0) is 0 Å². The molecule has 56 valence electrons. The molecule has 0 aliphatic carbocycles. The van der Waals surface area contributed by atoms with E-state index in [2.05, 4.69) is 0 Å². The van der Waals surface area contributed by atoms with Crippen LogP contribution in [0.25, 0.3) is 0 Å². The van der Waals surface area contributed by atoms with Crippen molar-refractivity contribution >= 4 is 6.98 Å². The minimum Gasteiger partial charge on any atom is -0.449 e. The van der Waals surface area contributed by atoms with Crippen molar-refractivity contribution in [3.63, 3.8) is 0 Å². The van der Waals surface area contributed by atoms with Crippen molar-refractivity contribution in [3.05, 3.63) is 0 Å². The predicted octanol–water partition coefficient (Wildman–Crippen LogP) is 1.40. The highest BCUT2D eigenvalue weighted by atomic mass is 19.4. The van der Waals surface area contributed by atoms with E-state index in [4.69, 9.17) is 0 Å². The van der Waals surface area contributed by atoms with E-state index >= 15 is 0 Å². The van der Waals surface area contributed by atoms with E-state index in [-0.39, 0.29) is 6.54 Å². The minimum absolute atomic E-state index is 0.101. The molecule has 0 atom stereocenters. The Balaban J connectivity index is 3.28. The number of hydrogen-bond donors (Lipinski definition) is 0. The molecule has 1 nitrogen and oxygen atoms in total. The van der Waals surface area contributed by atoms with Crippen molar-refractivity contribution in [2.45, 2.75) is 6.32 Å². The van der Waals surface area contributed by atoms with Crippen LogP contribution >= 0.6 is 0 Å². The smallest absolute Gasteiger partial charge is 0.449 e. The Morgan fingerprint density at radius 2 is 1.67 bits per heavy atom. The molecule has 0 unspecified atom stereocenters. The first-order valence-corrected chi connectivity index (χ1v) is 2.77. The molecule has 0 bridgehead atoms. The second kappa shape index (κ2) is 3.10. The average Bonchev–Trinajstić information content (AvgIpc) is 1.59. The van der Waals surface area contributed by atoms with Crippen LogP contribution in [0.4, 0.5) is 12.9 Å². The second-order valence-electron chi connectivity index (χ2n) is 2.30. The van der Waals surface area contributed by atoms with Gasteiger partial charge in [0.2, 0.25) is 0 Å². The monoisotopic (exact) mass is 140 g/mol. The minimum atomic E-state index is -4.57. The van der Waals surface area contributed by atoms with Gasteiger partial charge < -0.3 is 17.8 Å². The first-order valence-electron chi connectivity index (χ1n) is 2.77. The zero-order valence-corrected chi connectivity index (χ0v) is 5.57. The van der Waals surface area contributed by atoms with Crippen LogP contribution in [0.1, 0.15) is 0 Å². The van der Waals surface area contributed by atoms with Gasteiger partial charge in [-0.1, -0.05) is 6.32 Å². The third-order valence-electron chi connectivity index (χ3n) is 0.904. The van der Waals surface area contributed by atoms with E-state index in [1.165, 1.54) is 4.90 Å².